The van der Waals surface area contributed by atoms with Crippen LogP contribution in [0.3, 0.4) is 0 Å². The average Bonchev–Trinajstić information content (AvgIpc) is 1.76. The Labute approximate surface area is 59.1 Å². The number of ether oxygens (including phenoxy) is 1. The molecule has 0 aliphatic rings. The highest BCUT2D eigenvalue weighted by atomic mass is 32.2. The highest BCUT2D eigenvalue weighted by molar-refractivity contribution is 7.85. The molecule has 0 N–H and O–H groups in total. The second-order valence-corrected chi connectivity index (χ2v) is 3.02. The molecule has 0 aromatic carbocycles. The van der Waals surface area contributed by atoms with Crippen LogP contribution in [0.15, 0.2) is 0 Å². The van der Waals surface area contributed by atoms with Crippen LogP contribution in [0.2, 0.25) is 0 Å². The molecular formula is C4H10O4S. The van der Waals surface area contributed by atoms with Gasteiger partial charge in [-0.05, 0) is 0 Å². The van der Waals surface area contributed by atoms with Crippen molar-refractivity contribution >= 4 is 10.1 Å². The zero-order valence-corrected chi connectivity index (χ0v) is 5.77. The van der Waals surface area contributed by atoms with E-state index in [9.17, 15) is 8.42 Å². The molecule has 0 spiro atoms. The van der Waals surface area contributed by atoms with Gasteiger partial charge in [0.05, 0.1) is 23.6 Å². The quantitative estimate of drug-likeness (QED) is 0.412. The third kappa shape index (κ3) is 7.87. The van der Waals surface area contributed by atoms with Crippen LogP contribution in [0.4, 0.5) is 0 Å². The average molecular weight is 157 g/mol. The maximum atomic E-state index is 10.3. The van der Waals surface area contributed by atoms with Gasteiger partial charge in [0.25, 0.3) is 10.1 Å². The number of hydrogen-bond acceptors (Lipinski definition) is 4. The fourth-order valence-corrected chi connectivity index (χ4v) is 0.598. The van der Waals surface area contributed by atoms with Crippen molar-refractivity contribution in [3.05, 3.63) is 0 Å². The first-order valence-corrected chi connectivity index (χ1v) is 4.01. The third-order valence-electron chi connectivity index (χ3n) is 0.483. The molecule has 0 saturated heterocycles. The van der Waals surface area contributed by atoms with Crippen molar-refractivity contribution in [1.29, 1.82) is 0 Å². The standard InChI is InChI=1S/C4H10O4S/c1-7-3-4-8-9(2,5)6/h3-4H2,1-2H3/i1D3. The molecule has 0 bridgehead atoms. The van der Waals surface area contributed by atoms with Crippen molar-refractivity contribution in [1.82, 2.24) is 0 Å². The van der Waals surface area contributed by atoms with Gasteiger partial charge in [-0.3, -0.25) is 4.18 Å². The van der Waals surface area contributed by atoms with Crippen molar-refractivity contribution in [2.75, 3.05) is 26.5 Å². The van der Waals surface area contributed by atoms with Gasteiger partial charge in [-0.2, -0.15) is 8.42 Å². The van der Waals surface area contributed by atoms with Gasteiger partial charge in [-0.1, -0.05) is 0 Å². The molecule has 0 heterocycles. The van der Waals surface area contributed by atoms with Gasteiger partial charge in [0.1, 0.15) is 0 Å². The highest BCUT2D eigenvalue weighted by Gasteiger charge is 1.98. The minimum absolute atomic E-state index is 0.274. The molecule has 4 nitrogen and oxygen atoms in total. The molecule has 56 valence electrons. The smallest absolute Gasteiger partial charge is 0.264 e. The summed E-state index contributed by atoms with van der Waals surface area (Å²) in [6.45, 7) is -0.555. The van der Waals surface area contributed by atoms with Gasteiger partial charge >= 0.3 is 0 Å². The molecule has 0 amide bonds. The zero-order chi connectivity index (χ0) is 9.83. The monoisotopic (exact) mass is 157 g/mol. The lowest BCUT2D eigenvalue weighted by atomic mass is 10.8. The molecule has 0 aromatic heterocycles. The predicted molar refractivity (Wildman–Crippen MR) is 32.7 cm³/mol. The fourth-order valence-electron chi connectivity index (χ4n) is 0.227. The van der Waals surface area contributed by atoms with Crippen molar-refractivity contribution in [2.24, 2.45) is 0 Å². The van der Waals surface area contributed by atoms with Gasteiger partial charge in [0, 0.05) is 7.04 Å². The highest BCUT2D eigenvalue weighted by Crippen LogP contribution is 1.84. The maximum absolute atomic E-state index is 10.3. The van der Waals surface area contributed by atoms with Crippen LogP contribution in [-0.2, 0) is 19.0 Å². The summed E-state index contributed by atoms with van der Waals surface area (Å²) >= 11 is 0. The fraction of sp³-hybridized carbons (Fsp3) is 1.00. The van der Waals surface area contributed by atoms with E-state index in [1.165, 1.54) is 0 Å². The Balaban J connectivity index is 3.48. The van der Waals surface area contributed by atoms with Gasteiger partial charge in [0.2, 0.25) is 0 Å². The minimum atomic E-state index is -3.51. The van der Waals surface area contributed by atoms with Crippen molar-refractivity contribution in [2.45, 2.75) is 0 Å². The molecule has 0 atom stereocenters. The summed E-state index contributed by atoms with van der Waals surface area (Å²) in [5, 5.41) is 0. The maximum Gasteiger partial charge on any atom is 0.264 e. The second kappa shape index (κ2) is 3.81. The van der Waals surface area contributed by atoms with Gasteiger partial charge in [-0.25, -0.2) is 0 Å². The lowest BCUT2D eigenvalue weighted by Gasteiger charge is -1.97. The third-order valence-corrected chi connectivity index (χ3v) is 1.08. The Kier molecular flexibility index (Phi) is 1.97. The Hall–Kier alpha value is -0.130. The van der Waals surface area contributed by atoms with Crippen LogP contribution in [-0.4, -0.2) is 34.9 Å². The first-order valence-electron chi connectivity index (χ1n) is 3.69. The molecule has 0 aliphatic heterocycles. The Morgan fingerprint density at radius 2 is 2.22 bits per heavy atom. The summed E-state index contributed by atoms with van der Waals surface area (Å²) < 4.78 is 48.8. The second-order valence-electron chi connectivity index (χ2n) is 1.37. The van der Waals surface area contributed by atoms with E-state index in [0.29, 0.717) is 0 Å². The van der Waals surface area contributed by atoms with Gasteiger partial charge < -0.3 is 4.74 Å². The number of rotatable bonds is 4. The zero-order valence-electron chi connectivity index (χ0n) is 7.96. The van der Waals surface area contributed by atoms with Crippen LogP contribution >= 0.6 is 0 Å². The van der Waals surface area contributed by atoms with E-state index >= 15 is 0 Å². The van der Waals surface area contributed by atoms with E-state index in [-0.39, 0.29) is 13.2 Å². The van der Waals surface area contributed by atoms with Gasteiger partial charge in [-0.15, -0.1) is 0 Å². The minimum Gasteiger partial charge on any atom is -0.382 e. The Morgan fingerprint density at radius 3 is 2.67 bits per heavy atom. The molecule has 0 unspecified atom stereocenters. The van der Waals surface area contributed by atoms with Gasteiger partial charge in [0.15, 0.2) is 0 Å². The predicted octanol–water partition coefficient (Wildman–Crippen LogP) is -0.391. The van der Waals surface area contributed by atoms with E-state index in [0.717, 1.165) is 6.26 Å². The summed E-state index contributed by atoms with van der Waals surface area (Å²) in [7, 11) is -6.00. The molecular weight excluding hydrogens is 144 g/mol. The molecule has 0 rings (SSSR count). The van der Waals surface area contributed by atoms with E-state index in [1.807, 2.05) is 0 Å². The number of hydrogen-bond donors (Lipinski definition) is 0. The van der Waals surface area contributed by atoms with Crippen LogP contribution in [0.5, 0.6) is 0 Å². The van der Waals surface area contributed by atoms with E-state index in [1.54, 1.807) is 0 Å². The molecule has 0 fully saturated rings. The molecule has 0 saturated carbocycles. The summed E-state index contributed by atoms with van der Waals surface area (Å²) in [5.41, 5.74) is 0. The summed E-state index contributed by atoms with van der Waals surface area (Å²) in [6.07, 6.45) is 0.877. The van der Waals surface area contributed by atoms with Crippen LogP contribution < -0.4 is 0 Å². The molecule has 5 heteroatoms. The largest absolute Gasteiger partial charge is 0.382 e. The number of methoxy groups -OCH3 is 1. The van der Waals surface area contributed by atoms with E-state index < -0.39 is 17.2 Å². The van der Waals surface area contributed by atoms with E-state index in [4.69, 9.17) is 4.11 Å². The summed E-state index contributed by atoms with van der Waals surface area (Å²) in [5.74, 6) is 0. The van der Waals surface area contributed by atoms with E-state index in [2.05, 4.69) is 8.92 Å². The molecule has 9 heavy (non-hydrogen) atoms. The lowest BCUT2D eigenvalue weighted by molar-refractivity contribution is 0.150. The van der Waals surface area contributed by atoms with Crippen LogP contribution in [0.1, 0.15) is 4.11 Å². The molecule has 0 aliphatic carbocycles. The Bertz CT molecular complexity index is 219. The molecule has 0 radical (unpaired) electrons. The lowest BCUT2D eigenvalue weighted by Crippen LogP contribution is -2.07. The van der Waals surface area contributed by atoms with Crippen LogP contribution in [0.25, 0.3) is 0 Å². The topological polar surface area (TPSA) is 52.6 Å². The summed E-state index contributed by atoms with van der Waals surface area (Å²) in [4.78, 5) is 0. The molecule has 0 aromatic rings. The summed E-state index contributed by atoms with van der Waals surface area (Å²) in [6, 6.07) is 0. The normalized spacial score (nSPS) is 18.1. The van der Waals surface area contributed by atoms with Crippen molar-refractivity contribution in [3.63, 3.8) is 0 Å². The SMILES string of the molecule is [2H]C([2H])([2H])OCCOS(C)(=O)=O. The Morgan fingerprint density at radius 1 is 1.56 bits per heavy atom. The first-order chi connectivity index (χ1) is 5.21. The van der Waals surface area contributed by atoms with Crippen molar-refractivity contribution < 1.29 is 21.5 Å². The van der Waals surface area contributed by atoms with Crippen molar-refractivity contribution in [3.8, 4) is 0 Å². The van der Waals surface area contributed by atoms with Crippen LogP contribution in [0, 0.1) is 0 Å². The first kappa shape index (κ1) is 4.65.